The number of amides is 2. The second kappa shape index (κ2) is 6.97. The van der Waals surface area contributed by atoms with Gasteiger partial charge in [0.2, 0.25) is 5.91 Å². The average molecular weight is 256 g/mol. The van der Waals surface area contributed by atoms with E-state index in [1.807, 2.05) is 6.92 Å². The summed E-state index contributed by atoms with van der Waals surface area (Å²) in [4.78, 5) is 26.8. The number of thiazole rings is 1. The first-order chi connectivity index (χ1) is 8.17. The highest BCUT2D eigenvalue weighted by Gasteiger charge is 2.11. The highest BCUT2D eigenvalue weighted by atomic mass is 32.1. The number of nitrogens with one attached hydrogen (secondary N) is 2. The molecule has 0 bridgehead atoms. The Hall–Kier alpha value is -1.47. The third-order valence-corrected chi connectivity index (χ3v) is 2.81. The lowest BCUT2D eigenvalue weighted by molar-refractivity contribution is -0.120. The van der Waals surface area contributed by atoms with Gasteiger partial charge >= 0.3 is 0 Å². The first-order valence-electron chi connectivity index (χ1n) is 5.36. The van der Waals surface area contributed by atoms with Crippen molar-refractivity contribution in [1.29, 1.82) is 0 Å². The molecule has 2 amide bonds. The van der Waals surface area contributed by atoms with Gasteiger partial charge in [0, 0.05) is 18.5 Å². The molecule has 0 saturated carbocycles. The fraction of sp³-hybridized carbons (Fsp3) is 0.500. The number of hydrogen-bond acceptors (Lipinski definition) is 5. The topological polar surface area (TPSA) is 97.1 Å². The van der Waals surface area contributed by atoms with E-state index >= 15 is 0 Å². The molecule has 1 aromatic heterocycles. The van der Waals surface area contributed by atoms with Crippen LogP contribution in [-0.4, -0.2) is 29.9 Å². The van der Waals surface area contributed by atoms with E-state index in [2.05, 4.69) is 15.6 Å². The minimum atomic E-state index is -0.354. The van der Waals surface area contributed by atoms with Crippen LogP contribution in [0.3, 0.4) is 0 Å². The number of nitrogens with zero attached hydrogens (tertiary/aromatic N) is 1. The lowest BCUT2D eigenvalue weighted by Gasteiger charge is -2.04. The molecular weight excluding hydrogens is 240 g/mol. The zero-order valence-electron chi connectivity index (χ0n) is 9.66. The Morgan fingerprint density at radius 1 is 1.47 bits per heavy atom. The Morgan fingerprint density at radius 3 is 2.82 bits per heavy atom. The molecule has 1 rings (SSSR count). The quantitative estimate of drug-likeness (QED) is 0.660. The van der Waals surface area contributed by atoms with Crippen molar-refractivity contribution >= 4 is 23.2 Å². The fourth-order valence-corrected chi connectivity index (χ4v) is 1.74. The number of rotatable bonds is 6. The van der Waals surface area contributed by atoms with E-state index in [1.54, 1.807) is 5.38 Å². The van der Waals surface area contributed by atoms with E-state index in [0.29, 0.717) is 23.8 Å². The van der Waals surface area contributed by atoms with Crippen LogP contribution in [0.2, 0.25) is 0 Å². The summed E-state index contributed by atoms with van der Waals surface area (Å²) in [5.41, 5.74) is 5.70. The van der Waals surface area contributed by atoms with Crippen LogP contribution in [-0.2, 0) is 11.3 Å². The van der Waals surface area contributed by atoms with Gasteiger partial charge in [-0.1, -0.05) is 6.92 Å². The first-order valence-corrected chi connectivity index (χ1v) is 6.24. The standard InChI is InChI=1S/C10H16N4O2S/c1-2-3-12-8(15)5-13-10(16)7-6-17-9(4-11)14-7/h6H,2-5,11H2,1H3,(H,12,15)(H,13,16). The Bertz CT molecular complexity index is 391. The fourth-order valence-electron chi connectivity index (χ4n) is 1.09. The van der Waals surface area contributed by atoms with Crippen LogP contribution < -0.4 is 16.4 Å². The van der Waals surface area contributed by atoms with Gasteiger partial charge in [-0.3, -0.25) is 9.59 Å². The summed E-state index contributed by atoms with van der Waals surface area (Å²) in [6, 6.07) is 0. The number of hydrogen-bond donors (Lipinski definition) is 3. The highest BCUT2D eigenvalue weighted by Crippen LogP contribution is 2.08. The normalized spacial score (nSPS) is 10.0. The summed E-state index contributed by atoms with van der Waals surface area (Å²) >= 11 is 1.33. The number of aromatic nitrogens is 1. The molecule has 4 N–H and O–H groups in total. The first kappa shape index (κ1) is 13.6. The molecule has 1 aromatic rings. The van der Waals surface area contributed by atoms with Crippen molar-refractivity contribution in [1.82, 2.24) is 15.6 Å². The Morgan fingerprint density at radius 2 is 2.24 bits per heavy atom. The van der Waals surface area contributed by atoms with Gasteiger partial charge in [-0.2, -0.15) is 0 Å². The Kier molecular flexibility index (Phi) is 5.58. The van der Waals surface area contributed by atoms with Crippen LogP contribution in [0.1, 0.15) is 28.8 Å². The third-order valence-electron chi connectivity index (χ3n) is 1.94. The van der Waals surface area contributed by atoms with Gasteiger partial charge in [0.15, 0.2) is 0 Å². The van der Waals surface area contributed by atoms with Gasteiger partial charge in [-0.15, -0.1) is 11.3 Å². The van der Waals surface area contributed by atoms with E-state index in [-0.39, 0.29) is 18.4 Å². The van der Waals surface area contributed by atoms with Crippen LogP contribution in [0.4, 0.5) is 0 Å². The highest BCUT2D eigenvalue weighted by molar-refractivity contribution is 7.09. The molecule has 0 unspecified atom stereocenters. The molecule has 6 nitrogen and oxygen atoms in total. The minimum Gasteiger partial charge on any atom is -0.355 e. The molecule has 94 valence electrons. The SMILES string of the molecule is CCCNC(=O)CNC(=O)c1csc(CN)n1. The second-order valence-electron chi connectivity index (χ2n) is 3.36. The molecule has 0 atom stereocenters. The van der Waals surface area contributed by atoms with E-state index < -0.39 is 0 Å². The number of nitrogens with two attached hydrogens (primary N) is 1. The molecule has 0 radical (unpaired) electrons. The van der Waals surface area contributed by atoms with Crippen molar-refractivity contribution in [2.75, 3.05) is 13.1 Å². The molecule has 0 aliphatic heterocycles. The minimum absolute atomic E-state index is 0.0334. The van der Waals surface area contributed by atoms with Crippen LogP contribution in [0.25, 0.3) is 0 Å². The molecule has 0 aliphatic rings. The van der Waals surface area contributed by atoms with Crippen molar-refractivity contribution in [3.05, 3.63) is 16.1 Å². The van der Waals surface area contributed by atoms with Gasteiger partial charge in [0.05, 0.1) is 6.54 Å². The number of carbonyl (C=O) groups is 2. The van der Waals surface area contributed by atoms with E-state index in [4.69, 9.17) is 5.73 Å². The summed E-state index contributed by atoms with van der Waals surface area (Å²) in [7, 11) is 0. The van der Waals surface area contributed by atoms with Gasteiger partial charge in [0.25, 0.3) is 5.91 Å². The summed E-state index contributed by atoms with van der Waals surface area (Å²) in [5.74, 6) is -0.554. The van der Waals surface area contributed by atoms with Crippen molar-refractivity contribution in [2.24, 2.45) is 5.73 Å². The van der Waals surface area contributed by atoms with E-state index in [0.717, 1.165) is 6.42 Å². The van der Waals surface area contributed by atoms with E-state index in [1.165, 1.54) is 11.3 Å². The molecule has 7 heteroatoms. The Labute approximate surface area is 104 Å². The van der Waals surface area contributed by atoms with Crippen LogP contribution >= 0.6 is 11.3 Å². The largest absolute Gasteiger partial charge is 0.355 e. The monoisotopic (exact) mass is 256 g/mol. The van der Waals surface area contributed by atoms with E-state index in [9.17, 15) is 9.59 Å². The lowest BCUT2D eigenvalue weighted by atomic mass is 10.4. The molecule has 0 saturated heterocycles. The van der Waals surface area contributed by atoms with Crippen LogP contribution in [0, 0.1) is 0 Å². The maximum atomic E-state index is 11.6. The molecule has 1 heterocycles. The second-order valence-corrected chi connectivity index (χ2v) is 4.31. The molecule has 0 spiro atoms. The summed E-state index contributed by atoms with van der Waals surface area (Å²) in [5, 5.41) is 7.49. The zero-order chi connectivity index (χ0) is 12.7. The van der Waals surface area contributed by atoms with Crippen molar-refractivity contribution in [2.45, 2.75) is 19.9 Å². The van der Waals surface area contributed by atoms with Crippen molar-refractivity contribution < 1.29 is 9.59 Å². The summed E-state index contributed by atoms with van der Waals surface area (Å²) in [6.45, 7) is 2.86. The molecule has 0 aromatic carbocycles. The smallest absolute Gasteiger partial charge is 0.271 e. The zero-order valence-corrected chi connectivity index (χ0v) is 10.5. The lowest BCUT2D eigenvalue weighted by Crippen LogP contribution is -2.37. The predicted octanol–water partition coefficient (Wildman–Crippen LogP) is -0.142. The van der Waals surface area contributed by atoms with Crippen molar-refractivity contribution in [3.63, 3.8) is 0 Å². The summed E-state index contributed by atoms with van der Waals surface area (Å²) < 4.78 is 0. The summed E-state index contributed by atoms with van der Waals surface area (Å²) in [6.07, 6.45) is 0.867. The maximum Gasteiger partial charge on any atom is 0.271 e. The molecule has 0 aliphatic carbocycles. The van der Waals surface area contributed by atoms with Crippen LogP contribution in [0.5, 0.6) is 0 Å². The average Bonchev–Trinajstić information content (AvgIpc) is 2.82. The number of carbonyl (C=O) groups excluding carboxylic acids is 2. The van der Waals surface area contributed by atoms with Gasteiger partial charge in [-0.25, -0.2) is 4.98 Å². The molecular formula is C10H16N4O2S. The van der Waals surface area contributed by atoms with Crippen molar-refractivity contribution in [3.8, 4) is 0 Å². The van der Waals surface area contributed by atoms with Crippen LogP contribution in [0.15, 0.2) is 5.38 Å². The third kappa shape index (κ3) is 4.49. The predicted molar refractivity (Wildman–Crippen MR) is 65.6 cm³/mol. The maximum absolute atomic E-state index is 11.6. The Balaban J connectivity index is 2.36. The van der Waals surface area contributed by atoms with Gasteiger partial charge in [0.1, 0.15) is 10.7 Å². The molecule has 0 fully saturated rings. The van der Waals surface area contributed by atoms with Gasteiger partial charge in [-0.05, 0) is 6.42 Å². The molecule has 17 heavy (non-hydrogen) atoms. The van der Waals surface area contributed by atoms with Gasteiger partial charge < -0.3 is 16.4 Å².